The summed E-state index contributed by atoms with van der Waals surface area (Å²) in [4.78, 5) is 10.8. The summed E-state index contributed by atoms with van der Waals surface area (Å²) in [6, 6.07) is 3.88. The summed E-state index contributed by atoms with van der Waals surface area (Å²) in [6.07, 6.45) is 4.78. The van der Waals surface area contributed by atoms with Crippen molar-refractivity contribution in [1.82, 2.24) is 0 Å². The Kier molecular flexibility index (Phi) is 2.22. The molecule has 1 radical (unpaired) electrons. The van der Waals surface area contributed by atoms with Crippen molar-refractivity contribution in [2.75, 3.05) is 0 Å². The molecule has 0 N–H and O–H groups in total. The van der Waals surface area contributed by atoms with Crippen LogP contribution in [0.5, 0.6) is 0 Å². The summed E-state index contributed by atoms with van der Waals surface area (Å²) in [5.74, 6) is 0. The number of hydrogen-bond acceptors (Lipinski definition) is 2. The van der Waals surface area contributed by atoms with Crippen molar-refractivity contribution in [1.29, 1.82) is 0 Å². The van der Waals surface area contributed by atoms with Gasteiger partial charge in [-0.1, -0.05) is 6.07 Å². The van der Waals surface area contributed by atoms with Crippen molar-refractivity contribution in [3.63, 3.8) is 0 Å². The second-order valence-electron chi connectivity index (χ2n) is 1.47. The number of hydrogen-bond donors (Lipinski definition) is 0. The molecule has 9 heavy (non-hydrogen) atoms. The van der Waals surface area contributed by atoms with Crippen molar-refractivity contribution < 1.29 is 4.79 Å². The lowest BCUT2D eigenvalue weighted by atomic mass is 10.4. The van der Waals surface area contributed by atoms with Crippen LogP contribution in [0.25, 0.3) is 6.08 Å². The molecule has 0 unspecified atom stereocenters. The first kappa shape index (κ1) is 6.23. The fourth-order valence-electron chi connectivity index (χ4n) is 0.502. The Hall–Kier alpha value is -0.890. The van der Waals surface area contributed by atoms with Gasteiger partial charge in [0.2, 0.25) is 6.29 Å². The van der Waals surface area contributed by atoms with Gasteiger partial charge in [0.1, 0.15) is 0 Å². The van der Waals surface area contributed by atoms with Crippen LogP contribution in [0.1, 0.15) is 4.88 Å². The quantitative estimate of drug-likeness (QED) is 0.569. The number of rotatable bonds is 2. The molecule has 1 heterocycles. The molecule has 0 atom stereocenters. The zero-order chi connectivity index (χ0) is 6.53. The van der Waals surface area contributed by atoms with E-state index in [0.717, 1.165) is 4.88 Å². The van der Waals surface area contributed by atoms with Crippen molar-refractivity contribution in [2.24, 2.45) is 0 Å². The van der Waals surface area contributed by atoms with Crippen LogP contribution >= 0.6 is 11.3 Å². The summed E-state index contributed by atoms with van der Waals surface area (Å²) in [7, 11) is 0. The molecule has 1 aromatic rings. The summed E-state index contributed by atoms with van der Waals surface area (Å²) >= 11 is 1.60. The number of carbonyl (C=O) groups excluding carboxylic acids is 1. The monoisotopic (exact) mass is 137 g/mol. The minimum atomic E-state index is 1.08. The van der Waals surface area contributed by atoms with Gasteiger partial charge in [-0.25, -0.2) is 0 Å². The average molecular weight is 137 g/mol. The van der Waals surface area contributed by atoms with Gasteiger partial charge in [-0.05, 0) is 23.6 Å². The van der Waals surface area contributed by atoms with Gasteiger partial charge in [-0.15, -0.1) is 11.3 Å². The predicted molar refractivity (Wildman–Crippen MR) is 39.0 cm³/mol. The van der Waals surface area contributed by atoms with Crippen LogP contribution in [-0.2, 0) is 4.79 Å². The standard InChI is InChI=1S/C7H5OS/c8-5-1-3-7-4-2-6-9-7/h1-4,6H/b3-1+. The van der Waals surface area contributed by atoms with Crippen LogP contribution in [0.2, 0.25) is 0 Å². The number of thiophene rings is 1. The van der Waals surface area contributed by atoms with Crippen LogP contribution in [-0.4, -0.2) is 6.29 Å². The van der Waals surface area contributed by atoms with Crippen molar-refractivity contribution in [3.05, 3.63) is 28.5 Å². The van der Waals surface area contributed by atoms with E-state index in [1.165, 1.54) is 6.08 Å². The molecule has 0 aliphatic rings. The molecular weight excluding hydrogens is 132 g/mol. The minimum Gasteiger partial charge on any atom is -0.286 e. The van der Waals surface area contributed by atoms with Crippen LogP contribution in [0.3, 0.4) is 0 Å². The lowest BCUT2D eigenvalue weighted by molar-refractivity contribution is 0.564. The maximum absolute atomic E-state index is 9.69. The molecule has 45 valence electrons. The van der Waals surface area contributed by atoms with E-state index in [9.17, 15) is 4.79 Å². The first-order valence-electron chi connectivity index (χ1n) is 2.51. The Bertz CT molecular complexity index is 199. The lowest BCUT2D eigenvalue weighted by Crippen LogP contribution is -1.57. The highest BCUT2D eigenvalue weighted by molar-refractivity contribution is 7.10. The summed E-state index contributed by atoms with van der Waals surface area (Å²) in [6.45, 7) is 0. The predicted octanol–water partition coefficient (Wildman–Crippen LogP) is 1.87. The average Bonchev–Trinajstić information content (AvgIpc) is 2.34. The zero-order valence-corrected chi connectivity index (χ0v) is 5.52. The second-order valence-corrected chi connectivity index (χ2v) is 2.45. The van der Waals surface area contributed by atoms with E-state index < -0.39 is 0 Å². The molecular formula is C7H5OS. The van der Waals surface area contributed by atoms with Gasteiger partial charge in [0, 0.05) is 4.88 Å². The van der Waals surface area contributed by atoms with Crippen molar-refractivity contribution >= 4 is 23.7 Å². The molecule has 1 rings (SSSR count). The molecule has 1 aromatic heterocycles. The molecule has 0 amide bonds. The Morgan fingerprint density at radius 2 is 2.56 bits per heavy atom. The molecule has 0 spiro atoms. The highest BCUT2D eigenvalue weighted by atomic mass is 32.1. The fraction of sp³-hybridized carbons (Fsp3) is 0. The third kappa shape index (κ3) is 1.82. The highest BCUT2D eigenvalue weighted by Gasteiger charge is 1.82. The minimum absolute atomic E-state index is 1.08. The van der Waals surface area contributed by atoms with E-state index in [1.54, 1.807) is 23.7 Å². The molecule has 0 saturated carbocycles. The Balaban J connectivity index is 2.67. The largest absolute Gasteiger partial charge is 0.286 e. The Morgan fingerprint density at radius 1 is 1.67 bits per heavy atom. The topological polar surface area (TPSA) is 17.1 Å². The lowest BCUT2D eigenvalue weighted by Gasteiger charge is -1.74. The van der Waals surface area contributed by atoms with Gasteiger partial charge in [-0.3, -0.25) is 4.79 Å². The zero-order valence-electron chi connectivity index (χ0n) is 4.70. The Labute approximate surface area is 57.6 Å². The van der Waals surface area contributed by atoms with E-state index in [4.69, 9.17) is 0 Å². The van der Waals surface area contributed by atoms with Crippen LogP contribution in [0, 0.1) is 0 Å². The first-order chi connectivity index (χ1) is 4.43. The SMILES string of the molecule is O=[C]/C=C/c1cccs1. The first-order valence-corrected chi connectivity index (χ1v) is 3.39. The van der Waals surface area contributed by atoms with Crippen LogP contribution in [0.4, 0.5) is 0 Å². The van der Waals surface area contributed by atoms with E-state index >= 15 is 0 Å². The molecule has 0 aromatic carbocycles. The van der Waals surface area contributed by atoms with Crippen molar-refractivity contribution in [3.8, 4) is 0 Å². The molecule has 0 bridgehead atoms. The smallest absolute Gasteiger partial charge is 0.225 e. The molecule has 1 nitrogen and oxygen atoms in total. The van der Waals surface area contributed by atoms with E-state index in [-0.39, 0.29) is 0 Å². The maximum atomic E-state index is 9.69. The van der Waals surface area contributed by atoms with Gasteiger partial charge in [-0.2, -0.15) is 0 Å². The Morgan fingerprint density at radius 3 is 3.11 bits per heavy atom. The highest BCUT2D eigenvalue weighted by Crippen LogP contribution is 2.09. The molecule has 0 saturated heterocycles. The molecule has 0 aliphatic heterocycles. The van der Waals surface area contributed by atoms with E-state index in [1.807, 2.05) is 17.5 Å². The van der Waals surface area contributed by atoms with Gasteiger partial charge in [0.25, 0.3) is 0 Å². The summed E-state index contributed by atoms with van der Waals surface area (Å²) in [5, 5.41) is 1.96. The van der Waals surface area contributed by atoms with E-state index in [0.29, 0.717) is 0 Å². The van der Waals surface area contributed by atoms with Crippen LogP contribution in [0.15, 0.2) is 23.6 Å². The fourth-order valence-corrected chi connectivity index (χ4v) is 1.12. The van der Waals surface area contributed by atoms with Gasteiger partial charge in [0.15, 0.2) is 0 Å². The third-order valence-corrected chi connectivity index (χ3v) is 1.70. The summed E-state index contributed by atoms with van der Waals surface area (Å²) in [5.41, 5.74) is 0. The van der Waals surface area contributed by atoms with E-state index in [2.05, 4.69) is 0 Å². The normalized spacial score (nSPS) is 10.2. The third-order valence-electron chi connectivity index (χ3n) is 0.859. The molecule has 0 aliphatic carbocycles. The maximum Gasteiger partial charge on any atom is 0.225 e. The van der Waals surface area contributed by atoms with Gasteiger partial charge >= 0.3 is 0 Å². The van der Waals surface area contributed by atoms with Crippen molar-refractivity contribution in [2.45, 2.75) is 0 Å². The number of allylic oxidation sites excluding steroid dienone is 1. The summed E-state index contributed by atoms with van der Waals surface area (Å²) < 4.78 is 0. The van der Waals surface area contributed by atoms with Gasteiger partial charge < -0.3 is 0 Å². The van der Waals surface area contributed by atoms with Crippen LogP contribution < -0.4 is 0 Å². The second kappa shape index (κ2) is 3.20. The molecule has 2 heteroatoms. The molecule has 0 fully saturated rings. The van der Waals surface area contributed by atoms with Gasteiger partial charge in [0.05, 0.1) is 0 Å².